The molecule has 2 N–H and O–H groups in total. The lowest BCUT2D eigenvalue weighted by Crippen LogP contribution is -2.46. The molecule has 3 rings (SSSR count). The van der Waals surface area contributed by atoms with Crippen LogP contribution < -0.4 is 5.73 Å². The summed E-state index contributed by atoms with van der Waals surface area (Å²) in [5, 5.41) is 1.11. The maximum atomic E-state index is 6.34. The van der Waals surface area contributed by atoms with Crippen LogP contribution in [0.25, 0.3) is 11.0 Å². The minimum Gasteiger partial charge on any atom is -0.459 e. The molecule has 1 aromatic heterocycles. The van der Waals surface area contributed by atoms with Gasteiger partial charge in [0.25, 0.3) is 0 Å². The molecule has 0 aliphatic carbocycles. The first-order valence-electron chi connectivity index (χ1n) is 7.27. The van der Waals surface area contributed by atoms with E-state index in [0.717, 1.165) is 43.0 Å². The van der Waals surface area contributed by atoms with Gasteiger partial charge in [0.2, 0.25) is 0 Å². The fourth-order valence-corrected chi connectivity index (χ4v) is 2.77. The molecule has 2 heterocycles. The van der Waals surface area contributed by atoms with Crippen LogP contribution in [0.3, 0.4) is 0 Å². The summed E-state index contributed by atoms with van der Waals surface area (Å²) in [4.78, 5) is 2.36. The van der Waals surface area contributed by atoms with Gasteiger partial charge in [-0.3, -0.25) is 4.90 Å². The predicted octanol–water partition coefficient (Wildman–Crippen LogP) is 2.46. The molecule has 0 saturated carbocycles. The van der Waals surface area contributed by atoms with Crippen LogP contribution in [0.2, 0.25) is 0 Å². The van der Waals surface area contributed by atoms with Gasteiger partial charge in [0, 0.05) is 18.5 Å². The highest BCUT2D eigenvalue weighted by Gasteiger charge is 2.28. The van der Waals surface area contributed by atoms with Crippen molar-refractivity contribution < 1.29 is 9.15 Å². The summed E-state index contributed by atoms with van der Waals surface area (Å²) in [7, 11) is 0. The summed E-state index contributed by atoms with van der Waals surface area (Å²) in [6, 6.07) is 8.01. The zero-order chi connectivity index (χ0) is 14.1. The maximum Gasteiger partial charge on any atom is 0.134 e. The van der Waals surface area contributed by atoms with Gasteiger partial charge in [0.1, 0.15) is 11.3 Å². The lowest BCUT2D eigenvalue weighted by molar-refractivity contribution is -0.0419. The van der Waals surface area contributed by atoms with Crippen LogP contribution in [0.1, 0.15) is 24.3 Å². The Kier molecular flexibility index (Phi) is 3.78. The van der Waals surface area contributed by atoms with E-state index < -0.39 is 0 Å². The molecule has 2 unspecified atom stereocenters. The number of benzene rings is 1. The van der Waals surface area contributed by atoms with Gasteiger partial charge >= 0.3 is 0 Å². The Morgan fingerprint density at radius 3 is 3.05 bits per heavy atom. The Bertz CT molecular complexity index is 593. The standard InChI is InChI=1S/C16H22N2O2/c1-3-18-6-7-19-15(10-18)16(17)14-9-12-8-11(2)4-5-13(12)20-14/h4-5,8-9,15-16H,3,6-7,10,17H2,1-2H3. The topological polar surface area (TPSA) is 51.6 Å². The van der Waals surface area contributed by atoms with Gasteiger partial charge in [-0.25, -0.2) is 0 Å². The molecule has 1 aromatic carbocycles. The highest BCUT2D eigenvalue weighted by Crippen LogP contribution is 2.27. The molecular formula is C16H22N2O2. The lowest BCUT2D eigenvalue weighted by atomic mass is 10.1. The van der Waals surface area contributed by atoms with Crippen molar-refractivity contribution in [2.75, 3.05) is 26.2 Å². The third-order valence-corrected chi connectivity index (χ3v) is 4.04. The van der Waals surface area contributed by atoms with Crippen LogP contribution in [0.15, 0.2) is 28.7 Å². The van der Waals surface area contributed by atoms with E-state index in [1.807, 2.05) is 12.1 Å². The van der Waals surface area contributed by atoms with E-state index in [4.69, 9.17) is 14.9 Å². The number of aryl methyl sites for hydroxylation is 1. The first-order valence-corrected chi connectivity index (χ1v) is 7.27. The van der Waals surface area contributed by atoms with E-state index in [9.17, 15) is 0 Å². The zero-order valence-electron chi connectivity index (χ0n) is 12.1. The van der Waals surface area contributed by atoms with E-state index >= 15 is 0 Å². The summed E-state index contributed by atoms with van der Waals surface area (Å²) in [5.74, 6) is 0.813. The molecule has 1 fully saturated rings. The van der Waals surface area contributed by atoms with Gasteiger partial charge in [0.15, 0.2) is 0 Å². The van der Waals surface area contributed by atoms with Crippen molar-refractivity contribution in [1.82, 2.24) is 4.90 Å². The van der Waals surface area contributed by atoms with Crippen molar-refractivity contribution in [2.45, 2.75) is 26.0 Å². The smallest absolute Gasteiger partial charge is 0.134 e. The molecule has 108 valence electrons. The fourth-order valence-electron chi connectivity index (χ4n) is 2.77. The third kappa shape index (κ3) is 2.59. The van der Waals surface area contributed by atoms with Gasteiger partial charge in [-0.2, -0.15) is 0 Å². The number of fused-ring (bicyclic) bond motifs is 1. The molecule has 2 atom stereocenters. The van der Waals surface area contributed by atoms with Gasteiger partial charge in [-0.15, -0.1) is 0 Å². The van der Waals surface area contributed by atoms with Crippen LogP contribution in [0, 0.1) is 6.92 Å². The molecule has 20 heavy (non-hydrogen) atoms. The van der Waals surface area contributed by atoms with Crippen molar-refractivity contribution in [2.24, 2.45) is 5.73 Å². The number of rotatable bonds is 3. The number of hydrogen-bond acceptors (Lipinski definition) is 4. The maximum absolute atomic E-state index is 6.34. The molecule has 2 aromatic rings. The van der Waals surface area contributed by atoms with Crippen LogP contribution in [-0.4, -0.2) is 37.2 Å². The second kappa shape index (κ2) is 5.56. The van der Waals surface area contributed by atoms with Crippen molar-refractivity contribution in [3.05, 3.63) is 35.6 Å². The highest BCUT2D eigenvalue weighted by atomic mass is 16.5. The summed E-state index contributed by atoms with van der Waals surface area (Å²) < 4.78 is 11.7. The first kappa shape index (κ1) is 13.6. The van der Waals surface area contributed by atoms with Crippen LogP contribution in [-0.2, 0) is 4.74 Å². The normalized spacial score (nSPS) is 22.2. The zero-order valence-corrected chi connectivity index (χ0v) is 12.1. The second-order valence-corrected chi connectivity index (χ2v) is 5.52. The van der Waals surface area contributed by atoms with E-state index in [0.29, 0.717) is 0 Å². The SMILES string of the molecule is CCN1CCOC(C(N)c2cc3cc(C)ccc3o2)C1. The Labute approximate surface area is 119 Å². The van der Waals surface area contributed by atoms with Crippen molar-refractivity contribution in [3.63, 3.8) is 0 Å². The minimum atomic E-state index is -0.211. The summed E-state index contributed by atoms with van der Waals surface area (Å²) in [6.45, 7) is 7.87. The van der Waals surface area contributed by atoms with Gasteiger partial charge in [-0.05, 0) is 31.7 Å². The number of ether oxygens (including phenoxy) is 1. The number of morpholine rings is 1. The number of hydrogen-bond donors (Lipinski definition) is 1. The number of likely N-dealkylation sites (N-methyl/N-ethyl adjacent to an activating group) is 1. The minimum absolute atomic E-state index is 0.00496. The van der Waals surface area contributed by atoms with Crippen molar-refractivity contribution in [1.29, 1.82) is 0 Å². The number of nitrogens with two attached hydrogens (primary N) is 1. The second-order valence-electron chi connectivity index (χ2n) is 5.52. The predicted molar refractivity (Wildman–Crippen MR) is 79.7 cm³/mol. The molecular weight excluding hydrogens is 252 g/mol. The monoisotopic (exact) mass is 274 g/mol. The van der Waals surface area contributed by atoms with Crippen molar-refractivity contribution >= 4 is 11.0 Å². The molecule has 4 nitrogen and oxygen atoms in total. The molecule has 0 bridgehead atoms. The molecule has 4 heteroatoms. The summed E-state index contributed by atoms with van der Waals surface area (Å²) in [6.07, 6.45) is 0.00496. The highest BCUT2D eigenvalue weighted by molar-refractivity contribution is 5.78. The Morgan fingerprint density at radius 1 is 1.40 bits per heavy atom. The average molecular weight is 274 g/mol. The quantitative estimate of drug-likeness (QED) is 0.934. The third-order valence-electron chi connectivity index (χ3n) is 4.04. The Morgan fingerprint density at radius 2 is 2.25 bits per heavy atom. The number of nitrogens with zero attached hydrogens (tertiary/aromatic N) is 1. The van der Waals surface area contributed by atoms with E-state index in [-0.39, 0.29) is 12.1 Å². The van der Waals surface area contributed by atoms with E-state index in [2.05, 4.69) is 30.9 Å². The van der Waals surface area contributed by atoms with E-state index in [1.54, 1.807) is 0 Å². The summed E-state index contributed by atoms with van der Waals surface area (Å²) >= 11 is 0. The molecule has 0 spiro atoms. The molecule has 0 radical (unpaired) electrons. The average Bonchev–Trinajstić information content (AvgIpc) is 2.89. The first-order chi connectivity index (χ1) is 9.67. The van der Waals surface area contributed by atoms with E-state index in [1.165, 1.54) is 5.56 Å². The number of furan rings is 1. The lowest BCUT2D eigenvalue weighted by Gasteiger charge is -2.34. The molecule has 1 aliphatic heterocycles. The Balaban J connectivity index is 1.82. The van der Waals surface area contributed by atoms with Crippen LogP contribution in [0.5, 0.6) is 0 Å². The fraction of sp³-hybridized carbons (Fsp3) is 0.500. The Hall–Kier alpha value is -1.36. The van der Waals surface area contributed by atoms with Crippen molar-refractivity contribution in [3.8, 4) is 0 Å². The van der Waals surface area contributed by atoms with Gasteiger partial charge < -0.3 is 14.9 Å². The molecule has 1 aliphatic rings. The summed E-state index contributed by atoms with van der Waals surface area (Å²) in [5.41, 5.74) is 8.46. The van der Waals surface area contributed by atoms with Crippen LogP contribution in [0.4, 0.5) is 0 Å². The molecule has 1 saturated heterocycles. The van der Waals surface area contributed by atoms with Gasteiger partial charge in [-0.1, -0.05) is 18.6 Å². The largest absolute Gasteiger partial charge is 0.459 e. The molecule has 0 amide bonds. The van der Waals surface area contributed by atoms with Crippen LogP contribution >= 0.6 is 0 Å². The van der Waals surface area contributed by atoms with Gasteiger partial charge in [0.05, 0.1) is 18.8 Å².